The number of hydrogen-bond donors (Lipinski definition) is 3. The summed E-state index contributed by atoms with van der Waals surface area (Å²) in [6.07, 6.45) is 1.02. The molecule has 0 bridgehead atoms. The summed E-state index contributed by atoms with van der Waals surface area (Å²) in [5, 5.41) is 10.4. The van der Waals surface area contributed by atoms with Gasteiger partial charge in [-0.15, -0.1) is 0 Å². The summed E-state index contributed by atoms with van der Waals surface area (Å²) in [4.78, 5) is 38.3. The molecule has 11 heteroatoms. The van der Waals surface area contributed by atoms with Crippen molar-refractivity contribution in [1.82, 2.24) is 10.2 Å². The Hall–Kier alpha value is -3.28. The van der Waals surface area contributed by atoms with E-state index in [-0.39, 0.29) is 22.9 Å². The average molecular weight is 461 g/mol. The summed E-state index contributed by atoms with van der Waals surface area (Å²) in [6, 6.07) is 10.2. The second-order valence-corrected chi connectivity index (χ2v) is 8.75. The highest BCUT2D eigenvalue weighted by molar-refractivity contribution is 7.89. The Balaban J connectivity index is 1.53. The molecule has 0 saturated heterocycles. The molecule has 4 N–H and O–H groups in total. The first kappa shape index (κ1) is 23.4. The van der Waals surface area contributed by atoms with E-state index >= 15 is 0 Å². The molecular weight excluding hydrogens is 436 g/mol. The highest BCUT2D eigenvalue weighted by Crippen LogP contribution is 2.26. The van der Waals surface area contributed by atoms with Crippen molar-refractivity contribution >= 4 is 33.6 Å². The summed E-state index contributed by atoms with van der Waals surface area (Å²) in [6.45, 7) is 1.01. The van der Waals surface area contributed by atoms with Gasteiger partial charge in [-0.05, 0) is 48.7 Å². The van der Waals surface area contributed by atoms with Crippen LogP contribution in [-0.2, 0) is 21.2 Å². The summed E-state index contributed by atoms with van der Waals surface area (Å²) >= 11 is 0. The number of ether oxygens (including phenoxy) is 1. The lowest BCUT2D eigenvalue weighted by Gasteiger charge is -2.12. The van der Waals surface area contributed by atoms with Crippen molar-refractivity contribution in [2.75, 3.05) is 32.1 Å². The number of urea groups is 1. The van der Waals surface area contributed by atoms with E-state index in [2.05, 4.69) is 10.6 Å². The van der Waals surface area contributed by atoms with E-state index in [0.717, 1.165) is 5.56 Å². The topological polar surface area (TPSA) is 148 Å². The fraction of sp³-hybridized carbons (Fsp3) is 0.286. The zero-order valence-corrected chi connectivity index (χ0v) is 18.3. The lowest BCUT2D eigenvalue weighted by Crippen LogP contribution is -2.31. The maximum absolute atomic E-state index is 12.5. The molecule has 0 fully saturated rings. The van der Waals surface area contributed by atoms with Crippen molar-refractivity contribution in [3.8, 4) is 0 Å². The number of anilines is 1. The summed E-state index contributed by atoms with van der Waals surface area (Å²) in [5.74, 6) is -0.751. The first-order valence-corrected chi connectivity index (χ1v) is 11.4. The van der Waals surface area contributed by atoms with Crippen LogP contribution in [0.1, 0.15) is 32.7 Å². The van der Waals surface area contributed by atoms with Gasteiger partial charge in [0.2, 0.25) is 10.0 Å². The third-order valence-corrected chi connectivity index (χ3v) is 5.84. The Kier molecular flexibility index (Phi) is 7.23. The Labute approximate surface area is 185 Å². The molecule has 4 amide bonds. The zero-order valence-electron chi connectivity index (χ0n) is 17.5. The highest BCUT2D eigenvalue weighted by atomic mass is 32.2. The molecule has 2 aromatic rings. The molecule has 3 rings (SSSR count). The van der Waals surface area contributed by atoms with Gasteiger partial charge in [0.25, 0.3) is 11.8 Å². The molecule has 0 radical (unpaired) electrons. The maximum atomic E-state index is 12.5. The Bertz CT molecular complexity index is 1130. The average Bonchev–Trinajstić information content (AvgIpc) is 2.98. The van der Waals surface area contributed by atoms with E-state index in [4.69, 9.17) is 9.88 Å². The van der Waals surface area contributed by atoms with Gasteiger partial charge in [-0.3, -0.25) is 14.5 Å². The van der Waals surface area contributed by atoms with Crippen molar-refractivity contribution in [2.45, 2.75) is 17.7 Å². The monoisotopic (exact) mass is 460 g/mol. The first-order valence-electron chi connectivity index (χ1n) is 9.86. The largest absolute Gasteiger partial charge is 0.385 e. The quantitative estimate of drug-likeness (QED) is 0.380. The van der Waals surface area contributed by atoms with Crippen LogP contribution in [0.25, 0.3) is 0 Å². The highest BCUT2D eigenvalue weighted by Gasteiger charge is 2.35. The number of hydrogen-bond acceptors (Lipinski definition) is 6. The number of methoxy groups -OCH3 is 1. The Morgan fingerprint density at radius 1 is 1.06 bits per heavy atom. The number of primary sulfonamides is 1. The van der Waals surface area contributed by atoms with Gasteiger partial charge in [0.1, 0.15) is 0 Å². The lowest BCUT2D eigenvalue weighted by molar-refractivity contribution is 0.0638. The molecule has 0 saturated carbocycles. The molecule has 0 aromatic heterocycles. The molecule has 0 aliphatic carbocycles. The molecular formula is C21H24N4O6S. The normalized spacial score (nSPS) is 13.2. The lowest BCUT2D eigenvalue weighted by atomic mass is 10.1. The number of sulfonamides is 1. The van der Waals surface area contributed by atoms with Gasteiger partial charge in [0, 0.05) is 32.5 Å². The predicted molar refractivity (Wildman–Crippen MR) is 117 cm³/mol. The van der Waals surface area contributed by atoms with Gasteiger partial charge in [-0.1, -0.05) is 12.1 Å². The van der Waals surface area contributed by atoms with Crippen LogP contribution in [0.5, 0.6) is 0 Å². The number of imide groups is 1. The van der Waals surface area contributed by atoms with Crippen molar-refractivity contribution in [1.29, 1.82) is 0 Å². The number of nitrogens with zero attached hydrogens (tertiary/aromatic N) is 1. The van der Waals surface area contributed by atoms with E-state index < -0.39 is 22.0 Å². The number of rotatable bonds is 9. The first-order chi connectivity index (χ1) is 15.2. The third kappa shape index (κ3) is 5.49. The van der Waals surface area contributed by atoms with Crippen LogP contribution < -0.4 is 15.8 Å². The number of carbonyl (C=O) groups is 3. The number of nitrogens with one attached hydrogen (secondary N) is 2. The van der Waals surface area contributed by atoms with Gasteiger partial charge >= 0.3 is 6.03 Å². The van der Waals surface area contributed by atoms with Crippen LogP contribution in [0.15, 0.2) is 47.4 Å². The molecule has 0 spiro atoms. The van der Waals surface area contributed by atoms with Crippen molar-refractivity contribution in [2.24, 2.45) is 5.14 Å². The minimum Gasteiger partial charge on any atom is -0.385 e. The minimum atomic E-state index is -3.74. The smallest absolute Gasteiger partial charge is 0.319 e. The van der Waals surface area contributed by atoms with Gasteiger partial charge in [0.05, 0.1) is 16.0 Å². The second kappa shape index (κ2) is 9.90. The molecule has 1 aliphatic heterocycles. The van der Waals surface area contributed by atoms with Crippen molar-refractivity contribution < 1.29 is 27.5 Å². The van der Waals surface area contributed by atoms with Gasteiger partial charge in [-0.25, -0.2) is 18.4 Å². The van der Waals surface area contributed by atoms with Crippen LogP contribution in [0.3, 0.4) is 0 Å². The standard InChI is InChI=1S/C21H24N4O6S/c1-31-12-2-11-25-19(26)17-8-5-15(13-18(17)20(25)27)24-21(28)23-10-9-14-3-6-16(7-4-14)32(22,29)30/h3-8,13H,2,9-12H2,1H3,(H2,22,29,30)(H2,23,24,28). The maximum Gasteiger partial charge on any atom is 0.319 e. The van der Waals surface area contributed by atoms with Crippen LogP contribution in [0, 0.1) is 0 Å². The summed E-state index contributed by atoms with van der Waals surface area (Å²) < 4.78 is 27.5. The fourth-order valence-electron chi connectivity index (χ4n) is 3.28. The van der Waals surface area contributed by atoms with Crippen molar-refractivity contribution in [3.63, 3.8) is 0 Å². The molecule has 2 aromatic carbocycles. The fourth-order valence-corrected chi connectivity index (χ4v) is 3.80. The SMILES string of the molecule is COCCCN1C(=O)c2ccc(NC(=O)NCCc3ccc(S(N)(=O)=O)cc3)cc2C1=O. The minimum absolute atomic E-state index is 0.0221. The van der Waals surface area contributed by atoms with E-state index in [0.29, 0.717) is 37.2 Å². The van der Waals surface area contributed by atoms with E-state index in [1.165, 1.54) is 29.2 Å². The van der Waals surface area contributed by atoms with E-state index in [9.17, 15) is 22.8 Å². The van der Waals surface area contributed by atoms with E-state index in [1.54, 1.807) is 25.3 Å². The summed E-state index contributed by atoms with van der Waals surface area (Å²) in [5.41, 5.74) is 1.77. The van der Waals surface area contributed by atoms with Crippen molar-refractivity contribution in [3.05, 3.63) is 59.2 Å². The van der Waals surface area contributed by atoms with Crippen LogP contribution >= 0.6 is 0 Å². The number of amides is 4. The van der Waals surface area contributed by atoms with Gasteiger partial charge in [0.15, 0.2) is 0 Å². The molecule has 1 heterocycles. The molecule has 170 valence electrons. The second-order valence-electron chi connectivity index (χ2n) is 7.19. The van der Waals surface area contributed by atoms with Crippen LogP contribution in [0.4, 0.5) is 10.5 Å². The molecule has 0 atom stereocenters. The molecule has 10 nitrogen and oxygen atoms in total. The van der Waals surface area contributed by atoms with Gasteiger partial charge < -0.3 is 15.4 Å². The third-order valence-electron chi connectivity index (χ3n) is 4.91. The Morgan fingerprint density at radius 2 is 1.75 bits per heavy atom. The number of benzene rings is 2. The van der Waals surface area contributed by atoms with E-state index in [1.807, 2.05) is 0 Å². The predicted octanol–water partition coefficient (Wildman–Crippen LogP) is 1.33. The van der Waals surface area contributed by atoms with Crippen LogP contribution in [-0.4, -0.2) is 58.0 Å². The van der Waals surface area contributed by atoms with Gasteiger partial charge in [-0.2, -0.15) is 0 Å². The zero-order chi connectivity index (χ0) is 23.3. The Morgan fingerprint density at radius 3 is 2.41 bits per heavy atom. The molecule has 0 unspecified atom stereocenters. The number of nitrogens with two attached hydrogens (primary N) is 1. The number of carbonyl (C=O) groups excluding carboxylic acids is 3. The molecule has 32 heavy (non-hydrogen) atoms. The number of fused-ring (bicyclic) bond motifs is 1. The molecule has 1 aliphatic rings. The van der Waals surface area contributed by atoms with Crippen LogP contribution in [0.2, 0.25) is 0 Å². The summed E-state index contributed by atoms with van der Waals surface area (Å²) in [7, 11) is -2.19.